The van der Waals surface area contributed by atoms with Crippen molar-refractivity contribution >= 4 is 11.8 Å². The second-order valence-corrected chi connectivity index (χ2v) is 8.58. The molecule has 1 saturated heterocycles. The lowest BCUT2D eigenvalue weighted by atomic mass is 10.1. The maximum absolute atomic E-state index is 12.9. The number of aryl methyl sites for hydroxylation is 1. The Morgan fingerprint density at radius 1 is 0.906 bits per heavy atom. The van der Waals surface area contributed by atoms with E-state index in [1.165, 1.54) is 0 Å². The maximum atomic E-state index is 12.9. The highest BCUT2D eigenvalue weighted by atomic mass is 16.4. The summed E-state index contributed by atoms with van der Waals surface area (Å²) in [5.74, 6) is 1.37. The third-order valence-corrected chi connectivity index (χ3v) is 5.68. The summed E-state index contributed by atoms with van der Waals surface area (Å²) in [6.07, 6.45) is 0.552. The number of amides is 2. The molecular weight excluding hydrogens is 404 g/mol. The van der Waals surface area contributed by atoms with Gasteiger partial charge in [0.2, 0.25) is 17.7 Å². The molecule has 166 valence electrons. The first-order chi connectivity index (χ1) is 15.4. The van der Waals surface area contributed by atoms with Crippen molar-refractivity contribution < 1.29 is 14.0 Å². The summed E-state index contributed by atoms with van der Waals surface area (Å²) in [5, 5.41) is 8.33. The summed E-state index contributed by atoms with van der Waals surface area (Å²) in [7, 11) is 0. The molecule has 2 amide bonds. The maximum Gasteiger partial charge on any atom is 0.253 e. The van der Waals surface area contributed by atoms with Gasteiger partial charge < -0.3 is 14.2 Å². The number of hydrogen-bond acceptors (Lipinski definition) is 5. The number of piperazine rings is 1. The van der Waals surface area contributed by atoms with Crippen LogP contribution in [0.2, 0.25) is 0 Å². The molecule has 1 aliphatic rings. The standard InChI is InChI=1S/C25H28N4O3/c1-17(2)16-22(30)28-12-14-29(15-13-28)25(31)20-10-8-19(9-11-20)23-26-27-24(32-23)21-7-5-4-6-18(21)3/h4-11,17H,12-16H2,1-3H3. The van der Waals surface area contributed by atoms with Crippen LogP contribution in [0.1, 0.15) is 36.2 Å². The first-order valence-corrected chi connectivity index (χ1v) is 11.0. The first-order valence-electron chi connectivity index (χ1n) is 11.0. The lowest BCUT2D eigenvalue weighted by Gasteiger charge is -2.35. The number of aromatic nitrogens is 2. The quantitative estimate of drug-likeness (QED) is 0.608. The number of rotatable bonds is 5. The van der Waals surface area contributed by atoms with E-state index < -0.39 is 0 Å². The highest BCUT2D eigenvalue weighted by Gasteiger charge is 2.25. The van der Waals surface area contributed by atoms with Crippen LogP contribution in [0.25, 0.3) is 22.9 Å². The van der Waals surface area contributed by atoms with E-state index in [2.05, 4.69) is 10.2 Å². The van der Waals surface area contributed by atoms with E-state index in [0.717, 1.165) is 16.7 Å². The van der Waals surface area contributed by atoms with Gasteiger partial charge in [0.1, 0.15) is 0 Å². The highest BCUT2D eigenvalue weighted by molar-refractivity contribution is 5.94. The Kier molecular flexibility index (Phi) is 6.35. The summed E-state index contributed by atoms with van der Waals surface area (Å²) >= 11 is 0. The molecule has 0 unspecified atom stereocenters. The lowest BCUT2D eigenvalue weighted by molar-refractivity contribution is -0.133. The van der Waals surface area contributed by atoms with Gasteiger partial charge >= 0.3 is 0 Å². The zero-order valence-electron chi connectivity index (χ0n) is 18.7. The predicted octanol–water partition coefficient (Wildman–Crippen LogP) is 4.04. The topological polar surface area (TPSA) is 79.5 Å². The second kappa shape index (κ2) is 9.34. The van der Waals surface area contributed by atoms with Crippen LogP contribution < -0.4 is 0 Å². The fourth-order valence-electron chi connectivity index (χ4n) is 3.84. The monoisotopic (exact) mass is 432 g/mol. The van der Waals surface area contributed by atoms with Crippen LogP contribution in [0.15, 0.2) is 52.9 Å². The molecule has 7 nitrogen and oxygen atoms in total. The van der Waals surface area contributed by atoms with Gasteiger partial charge in [-0.05, 0) is 48.7 Å². The lowest BCUT2D eigenvalue weighted by Crippen LogP contribution is -2.50. The Hall–Kier alpha value is -3.48. The van der Waals surface area contributed by atoms with Crippen LogP contribution >= 0.6 is 0 Å². The molecule has 0 saturated carbocycles. The summed E-state index contributed by atoms with van der Waals surface area (Å²) in [6, 6.07) is 15.1. The molecule has 1 aliphatic heterocycles. The smallest absolute Gasteiger partial charge is 0.253 e. The molecule has 0 atom stereocenters. The van der Waals surface area contributed by atoms with Crippen LogP contribution in [-0.4, -0.2) is 58.0 Å². The van der Waals surface area contributed by atoms with Crippen LogP contribution in [0.5, 0.6) is 0 Å². The number of benzene rings is 2. The van der Waals surface area contributed by atoms with E-state index in [9.17, 15) is 9.59 Å². The Labute approximate surface area is 188 Å². The molecule has 2 aromatic carbocycles. The van der Waals surface area contributed by atoms with Gasteiger partial charge in [0.15, 0.2) is 0 Å². The molecule has 32 heavy (non-hydrogen) atoms. The number of nitrogens with zero attached hydrogens (tertiary/aromatic N) is 4. The number of carbonyl (C=O) groups is 2. The zero-order valence-corrected chi connectivity index (χ0v) is 18.7. The van der Waals surface area contributed by atoms with E-state index in [-0.39, 0.29) is 11.8 Å². The van der Waals surface area contributed by atoms with Crippen LogP contribution in [0.3, 0.4) is 0 Å². The largest absolute Gasteiger partial charge is 0.416 e. The third-order valence-electron chi connectivity index (χ3n) is 5.68. The minimum absolute atomic E-state index is 0.0290. The van der Waals surface area contributed by atoms with E-state index in [0.29, 0.717) is 55.9 Å². The van der Waals surface area contributed by atoms with Crippen molar-refractivity contribution in [3.05, 3.63) is 59.7 Å². The molecule has 2 heterocycles. The SMILES string of the molecule is Cc1ccccc1-c1nnc(-c2ccc(C(=O)N3CCN(C(=O)CC(C)C)CC3)cc2)o1. The van der Waals surface area contributed by atoms with Gasteiger partial charge in [-0.25, -0.2) is 0 Å². The van der Waals surface area contributed by atoms with Crippen molar-refractivity contribution in [2.24, 2.45) is 5.92 Å². The van der Waals surface area contributed by atoms with E-state index in [1.54, 1.807) is 17.0 Å². The van der Waals surface area contributed by atoms with E-state index in [1.807, 2.05) is 62.1 Å². The van der Waals surface area contributed by atoms with Gasteiger partial charge in [-0.2, -0.15) is 0 Å². The van der Waals surface area contributed by atoms with Crippen molar-refractivity contribution in [3.8, 4) is 22.9 Å². The van der Waals surface area contributed by atoms with Crippen molar-refractivity contribution in [3.63, 3.8) is 0 Å². The normalized spacial score (nSPS) is 14.1. The predicted molar refractivity (Wildman–Crippen MR) is 122 cm³/mol. The fraction of sp³-hybridized carbons (Fsp3) is 0.360. The van der Waals surface area contributed by atoms with Crippen molar-refractivity contribution in [1.29, 1.82) is 0 Å². The summed E-state index contributed by atoms with van der Waals surface area (Å²) in [6.45, 7) is 8.35. The third kappa shape index (κ3) is 4.72. The molecule has 1 aromatic heterocycles. The van der Waals surface area contributed by atoms with Crippen LogP contribution in [0, 0.1) is 12.8 Å². The molecule has 1 fully saturated rings. The molecule has 7 heteroatoms. The Balaban J connectivity index is 1.40. The van der Waals surface area contributed by atoms with Crippen LogP contribution in [-0.2, 0) is 4.79 Å². The summed E-state index contributed by atoms with van der Waals surface area (Å²) in [4.78, 5) is 28.8. The van der Waals surface area contributed by atoms with Gasteiger partial charge in [-0.1, -0.05) is 32.0 Å². The molecule has 0 bridgehead atoms. The molecule has 0 aliphatic carbocycles. The van der Waals surface area contributed by atoms with E-state index >= 15 is 0 Å². The van der Waals surface area contributed by atoms with Crippen molar-refractivity contribution in [1.82, 2.24) is 20.0 Å². The molecule has 0 N–H and O–H groups in total. The van der Waals surface area contributed by atoms with Gasteiger partial charge in [0.25, 0.3) is 5.91 Å². The Bertz CT molecular complexity index is 1100. The van der Waals surface area contributed by atoms with E-state index in [4.69, 9.17) is 4.42 Å². The minimum atomic E-state index is -0.0290. The minimum Gasteiger partial charge on any atom is -0.416 e. The van der Waals surface area contributed by atoms with Gasteiger partial charge in [-0.3, -0.25) is 9.59 Å². The second-order valence-electron chi connectivity index (χ2n) is 8.58. The first kappa shape index (κ1) is 21.7. The van der Waals surface area contributed by atoms with Gasteiger partial charge in [-0.15, -0.1) is 10.2 Å². The molecule has 4 rings (SSSR count). The average Bonchev–Trinajstić information content (AvgIpc) is 3.29. The van der Waals surface area contributed by atoms with Crippen LogP contribution in [0.4, 0.5) is 0 Å². The summed E-state index contributed by atoms with van der Waals surface area (Å²) in [5.41, 5.74) is 3.34. The zero-order chi connectivity index (χ0) is 22.7. The fourth-order valence-corrected chi connectivity index (χ4v) is 3.84. The highest BCUT2D eigenvalue weighted by Crippen LogP contribution is 2.26. The Morgan fingerprint density at radius 2 is 1.53 bits per heavy atom. The van der Waals surface area contributed by atoms with Gasteiger partial charge in [0.05, 0.1) is 0 Å². The van der Waals surface area contributed by atoms with Gasteiger partial charge in [0, 0.05) is 49.3 Å². The van der Waals surface area contributed by atoms with Crippen molar-refractivity contribution in [2.75, 3.05) is 26.2 Å². The molecule has 0 radical (unpaired) electrons. The molecule has 3 aromatic rings. The summed E-state index contributed by atoms with van der Waals surface area (Å²) < 4.78 is 5.86. The number of carbonyl (C=O) groups excluding carboxylic acids is 2. The van der Waals surface area contributed by atoms with Crippen molar-refractivity contribution in [2.45, 2.75) is 27.2 Å². The molecule has 0 spiro atoms. The molecular formula is C25H28N4O3. The number of hydrogen-bond donors (Lipinski definition) is 0. The Morgan fingerprint density at radius 3 is 2.19 bits per heavy atom. The average molecular weight is 433 g/mol.